The van der Waals surface area contributed by atoms with Crippen molar-refractivity contribution in [1.29, 1.82) is 0 Å². The smallest absolute Gasteiger partial charge is 0.157 e. The van der Waals surface area contributed by atoms with E-state index < -0.39 is 0 Å². The van der Waals surface area contributed by atoms with Crippen LogP contribution in [-0.2, 0) is 0 Å². The number of hydrogen-bond acceptors (Lipinski definition) is 2. The van der Waals surface area contributed by atoms with Crippen molar-refractivity contribution >= 4 is 16.9 Å². The maximum atomic E-state index is 4.86. The summed E-state index contributed by atoms with van der Waals surface area (Å²) in [5.41, 5.74) is 0.447. The van der Waals surface area contributed by atoms with Crippen LogP contribution in [0.5, 0.6) is 0 Å². The summed E-state index contributed by atoms with van der Waals surface area (Å²) >= 11 is 1.96. The number of thioether (sulfide) groups is 1. The van der Waals surface area contributed by atoms with Crippen molar-refractivity contribution in [1.82, 2.24) is 5.32 Å². The Bertz CT molecular complexity index is 263. The minimum Gasteiger partial charge on any atom is -0.359 e. The number of nitrogens with one attached hydrogen (secondary N) is 1. The Hall–Kier alpha value is -0.180. The van der Waals surface area contributed by atoms with Gasteiger partial charge in [0.2, 0.25) is 0 Å². The van der Waals surface area contributed by atoms with Crippen LogP contribution in [0.25, 0.3) is 0 Å². The van der Waals surface area contributed by atoms with Crippen LogP contribution < -0.4 is 5.32 Å². The fourth-order valence-corrected chi connectivity index (χ4v) is 4.38. The summed E-state index contributed by atoms with van der Waals surface area (Å²) < 4.78 is 0. The van der Waals surface area contributed by atoms with Crippen molar-refractivity contribution in [3.8, 4) is 0 Å². The molecule has 84 valence electrons. The molecule has 1 aliphatic heterocycles. The highest BCUT2D eigenvalue weighted by atomic mass is 32.2. The van der Waals surface area contributed by atoms with E-state index in [2.05, 4.69) is 5.32 Å². The summed E-state index contributed by atoms with van der Waals surface area (Å²) in [5, 5.41) is 4.96. The molecule has 0 aromatic rings. The van der Waals surface area contributed by atoms with Crippen LogP contribution in [0.2, 0.25) is 0 Å². The van der Waals surface area contributed by atoms with Gasteiger partial charge in [-0.05, 0) is 25.7 Å². The Kier molecular flexibility index (Phi) is 2.67. The van der Waals surface area contributed by atoms with Gasteiger partial charge >= 0.3 is 0 Å². The van der Waals surface area contributed by atoms with Crippen molar-refractivity contribution in [3.05, 3.63) is 0 Å². The van der Waals surface area contributed by atoms with E-state index >= 15 is 0 Å². The minimum atomic E-state index is 0.447. The molecule has 3 rings (SSSR count). The Labute approximate surface area is 96.3 Å². The Morgan fingerprint density at radius 2 is 1.87 bits per heavy atom. The van der Waals surface area contributed by atoms with Crippen molar-refractivity contribution < 1.29 is 0 Å². The molecule has 2 saturated carbocycles. The molecule has 0 bridgehead atoms. The number of hydrogen-bond donors (Lipinski definition) is 1. The number of amidine groups is 1. The first-order valence-electron chi connectivity index (χ1n) is 6.35. The van der Waals surface area contributed by atoms with Crippen LogP contribution in [0.15, 0.2) is 4.99 Å². The Morgan fingerprint density at radius 3 is 2.60 bits per heavy atom. The van der Waals surface area contributed by atoms with Crippen LogP contribution in [0.1, 0.15) is 51.4 Å². The van der Waals surface area contributed by atoms with Gasteiger partial charge < -0.3 is 5.32 Å². The monoisotopic (exact) mass is 224 g/mol. The van der Waals surface area contributed by atoms with Crippen LogP contribution in [0.3, 0.4) is 0 Å². The van der Waals surface area contributed by atoms with Gasteiger partial charge in [0.1, 0.15) is 0 Å². The lowest BCUT2D eigenvalue weighted by Crippen LogP contribution is -2.40. The first kappa shape index (κ1) is 10.0. The van der Waals surface area contributed by atoms with Gasteiger partial charge in [-0.2, -0.15) is 0 Å². The van der Waals surface area contributed by atoms with E-state index in [-0.39, 0.29) is 0 Å². The predicted octanol–water partition coefficient (Wildman–Crippen LogP) is 2.93. The number of aliphatic imine (C=N–C) groups is 1. The summed E-state index contributed by atoms with van der Waals surface area (Å²) in [5.74, 6) is 1.26. The maximum absolute atomic E-state index is 4.86. The first-order chi connectivity index (χ1) is 7.36. The standard InChI is InChI=1S/C12H20N2S/c1-2-6-10(5-1)13-11-14-12(9-15-11)7-3-4-8-12/h10H,1-9H2,(H,13,14). The van der Waals surface area contributed by atoms with Gasteiger partial charge in [-0.25, -0.2) is 0 Å². The summed E-state index contributed by atoms with van der Waals surface area (Å²) in [6.07, 6.45) is 11.0. The summed E-state index contributed by atoms with van der Waals surface area (Å²) in [4.78, 5) is 4.86. The quantitative estimate of drug-likeness (QED) is 0.740. The van der Waals surface area contributed by atoms with Gasteiger partial charge in [-0.3, -0.25) is 4.99 Å². The molecule has 1 N–H and O–H groups in total. The summed E-state index contributed by atoms with van der Waals surface area (Å²) in [7, 11) is 0. The van der Waals surface area contributed by atoms with Gasteiger partial charge in [-0.1, -0.05) is 37.4 Å². The molecule has 3 fully saturated rings. The van der Waals surface area contributed by atoms with E-state index in [4.69, 9.17) is 4.99 Å². The average Bonchev–Trinajstić information content (AvgIpc) is 2.92. The van der Waals surface area contributed by atoms with Gasteiger partial charge in [-0.15, -0.1) is 0 Å². The third-order valence-electron chi connectivity index (χ3n) is 4.04. The van der Waals surface area contributed by atoms with E-state index in [0.717, 1.165) is 0 Å². The van der Waals surface area contributed by atoms with Crippen LogP contribution in [-0.4, -0.2) is 22.5 Å². The normalized spacial score (nSPS) is 32.9. The molecule has 1 spiro atoms. The third-order valence-corrected chi connectivity index (χ3v) is 5.22. The lowest BCUT2D eigenvalue weighted by atomic mass is 10.0. The number of rotatable bonds is 1. The zero-order valence-electron chi connectivity index (χ0n) is 9.30. The predicted molar refractivity (Wildman–Crippen MR) is 66.5 cm³/mol. The highest BCUT2D eigenvalue weighted by molar-refractivity contribution is 8.14. The molecule has 0 aromatic heterocycles. The second-order valence-corrected chi connectivity index (χ2v) is 6.24. The maximum Gasteiger partial charge on any atom is 0.157 e. The van der Waals surface area contributed by atoms with E-state index in [1.165, 1.54) is 62.3 Å². The third kappa shape index (κ3) is 2.03. The van der Waals surface area contributed by atoms with Gasteiger partial charge in [0, 0.05) is 11.3 Å². The van der Waals surface area contributed by atoms with Crippen molar-refractivity contribution in [2.45, 2.75) is 62.9 Å². The molecule has 2 aliphatic carbocycles. The van der Waals surface area contributed by atoms with Gasteiger partial charge in [0.05, 0.1) is 6.04 Å². The summed E-state index contributed by atoms with van der Waals surface area (Å²) in [6, 6.07) is 0.636. The van der Waals surface area contributed by atoms with Crippen molar-refractivity contribution in [2.24, 2.45) is 4.99 Å². The fraction of sp³-hybridized carbons (Fsp3) is 0.917. The van der Waals surface area contributed by atoms with Crippen LogP contribution >= 0.6 is 11.8 Å². The second-order valence-electron chi connectivity index (χ2n) is 5.27. The molecule has 0 aromatic carbocycles. The van der Waals surface area contributed by atoms with Crippen molar-refractivity contribution in [2.75, 3.05) is 5.75 Å². The molecule has 0 radical (unpaired) electrons. The van der Waals surface area contributed by atoms with E-state index in [9.17, 15) is 0 Å². The average molecular weight is 224 g/mol. The molecule has 3 heteroatoms. The highest BCUT2D eigenvalue weighted by Gasteiger charge is 2.39. The zero-order chi connectivity index (χ0) is 10.1. The fourth-order valence-electron chi connectivity index (χ4n) is 3.10. The summed E-state index contributed by atoms with van der Waals surface area (Å²) in [6.45, 7) is 0. The molecule has 0 atom stereocenters. The Balaban J connectivity index is 1.64. The Morgan fingerprint density at radius 1 is 1.13 bits per heavy atom. The minimum absolute atomic E-state index is 0.447. The molecular formula is C12H20N2S. The molecule has 3 aliphatic rings. The number of nitrogens with zero attached hydrogens (tertiary/aromatic N) is 1. The van der Waals surface area contributed by atoms with Crippen LogP contribution in [0, 0.1) is 0 Å². The molecular weight excluding hydrogens is 204 g/mol. The van der Waals surface area contributed by atoms with Crippen LogP contribution in [0.4, 0.5) is 0 Å². The molecule has 1 saturated heterocycles. The lowest BCUT2D eigenvalue weighted by molar-refractivity contribution is 0.451. The van der Waals surface area contributed by atoms with E-state index in [1.807, 2.05) is 11.8 Å². The first-order valence-corrected chi connectivity index (χ1v) is 7.34. The van der Waals surface area contributed by atoms with Crippen molar-refractivity contribution in [3.63, 3.8) is 0 Å². The second kappa shape index (κ2) is 4.00. The van der Waals surface area contributed by atoms with E-state index in [1.54, 1.807) is 0 Å². The lowest BCUT2D eigenvalue weighted by Gasteiger charge is -2.22. The largest absolute Gasteiger partial charge is 0.359 e. The topological polar surface area (TPSA) is 24.4 Å². The highest BCUT2D eigenvalue weighted by Crippen LogP contribution is 2.38. The molecule has 0 unspecified atom stereocenters. The van der Waals surface area contributed by atoms with Gasteiger partial charge in [0.25, 0.3) is 0 Å². The molecule has 0 amide bonds. The molecule has 2 nitrogen and oxygen atoms in total. The van der Waals surface area contributed by atoms with Gasteiger partial charge in [0.15, 0.2) is 5.17 Å². The zero-order valence-corrected chi connectivity index (χ0v) is 10.1. The molecule has 15 heavy (non-hydrogen) atoms. The molecule has 1 heterocycles. The van der Waals surface area contributed by atoms with E-state index in [0.29, 0.717) is 11.6 Å². The SMILES string of the molecule is C1CCC(N=C2NC3(CCCC3)CS2)C1.